The predicted molar refractivity (Wildman–Crippen MR) is 115 cm³/mol. The summed E-state index contributed by atoms with van der Waals surface area (Å²) in [6.45, 7) is 0. The van der Waals surface area contributed by atoms with Gasteiger partial charge in [-0.1, -0.05) is 17.7 Å². The molecule has 0 aliphatic heterocycles. The number of nitro groups is 1. The molecule has 2 amide bonds. The number of nitro benzene ring substituents is 1. The number of hydrogen-bond acceptors (Lipinski definition) is 6. The summed E-state index contributed by atoms with van der Waals surface area (Å²) in [5.41, 5.74) is 0.898. The molecule has 158 valence electrons. The van der Waals surface area contributed by atoms with E-state index in [0.717, 1.165) is 0 Å². The van der Waals surface area contributed by atoms with Gasteiger partial charge in [-0.25, -0.2) is 0 Å². The molecule has 9 nitrogen and oxygen atoms in total. The van der Waals surface area contributed by atoms with Crippen molar-refractivity contribution in [3.63, 3.8) is 0 Å². The fourth-order valence-electron chi connectivity index (χ4n) is 2.60. The molecule has 0 atom stereocenters. The number of methoxy groups -OCH3 is 1. The maximum atomic E-state index is 12.3. The Kier molecular flexibility index (Phi) is 6.68. The first-order valence-electron chi connectivity index (χ1n) is 8.83. The molecule has 10 heteroatoms. The van der Waals surface area contributed by atoms with Gasteiger partial charge in [0.2, 0.25) is 5.91 Å². The third-order valence-corrected chi connectivity index (χ3v) is 4.37. The molecular formula is C21H16ClN3O6. The van der Waals surface area contributed by atoms with Crippen molar-refractivity contribution in [2.24, 2.45) is 0 Å². The van der Waals surface area contributed by atoms with Gasteiger partial charge in [0, 0.05) is 17.8 Å². The number of halogens is 1. The second-order valence-electron chi connectivity index (χ2n) is 6.14. The van der Waals surface area contributed by atoms with E-state index in [1.807, 2.05) is 0 Å². The number of hydrogen-bond donors (Lipinski definition) is 2. The maximum absolute atomic E-state index is 12.3. The van der Waals surface area contributed by atoms with Crippen molar-refractivity contribution in [3.05, 3.63) is 87.3 Å². The van der Waals surface area contributed by atoms with Crippen LogP contribution in [-0.2, 0) is 4.79 Å². The van der Waals surface area contributed by atoms with E-state index < -0.39 is 16.7 Å². The molecule has 0 aliphatic rings. The van der Waals surface area contributed by atoms with Gasteiger partial charge in [0.25, 0.3) is 11.6 Å². The summed E-state index contributed by atoms with van der Waals surface area (Å²) in [6, 6.07) is 12.0. The fourth-order valence-corrected chi connectivity index (χ4v) is 2.79. The first-order valence-corrected chi connectivity index (χ1v) is 9.21. The van der Waals surface area contributed by atoms with Gasteiger partial charge in [-0.05, 0) is 48.0 Å². The molecule has 2 aromatic carbocycles. The smallest absolute Gasteiger partial charge is 0.291 e. The summed E-state index contributed by atoms with van der Waals surface area (Å²) < 4.78 is 10.3. The molecule has 0 spiro atoms. The third-order valence-electron chi connectivity index (χ3n) is 4.05. The molecule has 0 unspecified atom stereocenters. The van der Waals surface area contributed by atoms with Crippen LogP contribution in [0, 0.1) is 10.1 Å². The van der Waals surface area contributed by atoms with Crippen LogP contribution >= 0.6 is 11.6 Å². The van der Waals surface area contributed by atoms with Crippen LogP contribution in [0.15, 0.2) is 65.3 Å². The van der Waals surface area contributed by atoms with Crippen LogP contribution in [-0.4, -0.2) is 23.8 Å². The second kappa shape index (κ2) is 9.59. The van der Waals surface area contributed by atoms with Crippen LogP contribution < -0.4 is 15.4 Å². The van der Waals surface area contributed by atoms with Crippen LogP contribution in [0.2, 0.25) is 5.02 Å². The molecule has 0 saturated heterocycles. The topological polar surface area (TPSA) is 124 Å². The molecule has 0 aliphatic carbocycles. The minimum atomic E-state index is -0.604. The largest absolute Gasteiger partial charge is 0.495 e. The maximum Gasteiger partial charge on any atom is 0.291 e. The molecular weight excluding hydrogens is 426 g/mol. The lowest BCUT2D eigenvalue weighted by Crippen LogP contribution is -2.12. The highest BCUT2D eigenvalue weighted by Gasteiger charge is 2.13. The van der Waals surface area contributed by atoms with Crippen molar-refractivity contribution in [3.8, 4) is 5.75 Å². The average Bonchev–Trinajstić information content (AvgIpc) is 3.28. The highest BCUT2D eigenvalue weighted by atomic mass is 35.5. The molecule has 1 aromatic heterocycles. The Morgan fingerprint density at radius 2 is 1.97 bits per heavy atom. The van der Waals surface area contributed by atoms with Crippen molar-refractivity contribution in [1.29, 1.82) is 0 Å². The molecule has 1 heterocycles. The third kappa shape index (κ3) is 5.49. The molecule has 0 bridgehead atoms. The Labute approximate surface area is 181 Å². The Morgan fingerprint density at radius 3 is 2.65 bits per heavy atom. The molecule has 2 N–H and O–H groups in total. The van der Waals surface area contributed by atoms with Gasteiger partial charge in [0.15, 0.2) is 5.76 Å². The average molecular weight is 442 g/mol. The Bertz CT molecular complexity index is 1160. The Morgan fingerprint density at radius 1 is 1.16 bits per heavy atom. The van der Waals surface area contributed by atoms with Gasteiger partial charge < -0.3 is 19.8 Å². The summed E-state index contributed by atoms with van der Waals surface area (Å²) in [6.07, 6.45) is 4.00. The van der Waals surface area contributed by atoms with E-state index in [1.165, 1.54) is 49.8 Å². The minimum absolute atomic E-state index is 0.00440. The minimum Gasteiger partial charge on any atom is -0.495 e. The summed E-state index contributed by atoms with van der Waals surface area (Å²) in [5.74, 6) is -0.441. The number of rotatable bonds is 7. The molecule has 0 fully saturated rings. The highest BCUT2D eigenvalue weighted by molar-refractivity contribution is 6.32. The first kappa shape index (κ1) is 21.6. The van der Waals surface area contributed by atoms with Crippen LogP contribution in [0.4, 0.5) is 17.1 Å². The number of amides is 2. The zero-order valence-electron chi connectivity index (χ0n) is 16.1. The molecule has 0 radical (unpaired) electrons. The summed E-state index contributed by atoms with van der Waals surface area (Å²) in [7, 11) is 1.44. The van der Waals surface area contributed by atoms with Gasteiger partial charge >= 0.3 is 0 Å². The van der Waals surface area contributed by atoms with E-state index in [2.05, 4.69) is 10.6 Å². The van der Waals surface area contributed by atoms with Crippen molar-refractivity contribution in [2.45, 2.75) is 0 Å². The van der Waals surface area contributed by atoms with Gasteiger partial charge in [-0.15, -0.1) is 0 Å². The lowest BCUT2D eigenvalue weighted by molar-refractivity contribution is -0.384. The normalized spacial score (nSPS) is 10.6. The number of nitrogens with zero attached hydrogens (tertiary/aromatic N) is 1. The lowest BCUT2D eigenvalue weighted by atomic mass is 10.2. The first-order chi connectivity index (χ1) is 14.9. The van der Waals surface area contributed by atoms with Gasteiger partial charge in [0.1, 0.15) is 10.8 Å². The summed E-state index contributed by atoms with van der Waals surface area (Å²) in [4.78, 5) is 34.8. The highest BCUT2D eigenvalue weighted by Crippen LogP contribution is 2.29. The lowest BCUT2D eigenvalue weighted by Gasteiger charge is -2.11. The van der Waals surface area contributed by atoms with E-state index in [0.29, 0.717) is 22.7 Å². The van der Waals surface area contributed by atoms with Crippen LogP contribution in [0.25, 0.3) is 6.08 Å². The number of benzene rings is 2. The molecule has 3 aromatic rings. The van der Waals surface area contributed by atoms with E-state index in [4.69, 9.17) is 20.8 Å². The zero-order chi connectivity index (χ0) is 22.4. The molecule has 3 rings (SSSR count). The number of carbonyl (C=O) groups is 2. The second-order valence-corrected chi connectivity index (χ2v) is 6.54. The van der Waals surface area contributed by atoms with E-state index >= 15 is 0 Å². The number of carbonyl (C=O) groups excluding carboxylic acids is 2. The van der Waals surface area contributed by atoms with E-state index in [9.17, 15) is 19.7 Å². The number of ether oxygens (including phenoxy) is 1. The van der Waals surface area contributed by atoms with E-state index in [-0.39, 0.29) is 16.5 Å². The van der Waals surface area contributed by atoms with Crippen LogP contribution in [0.5, 0.6) is 5.75 Å². The standard InChI is InChI=1S/C21H16ClN3O6/c1-30-18-8-6-14(23-21(27)19-3-2-10-31-19)12-16(18)24-20(26)9-5-13-4-7-15(22)17(11-13)25(28)29/h2-12H,1H3,(H,23,27)(H,24,26)/b9-5+. The zero-order valence-corrected chi connectivity index (χ0v) is 16.9. The predicted octanol–water partition coefficient (Wildman–Crippen LogP) is 4.75. The van der Waals surface area contributed by atoms with E-state index in [1.54, 1.807) is 24.3 Å². The SMILES string of the molecule is COc1ccc(NC(=O)c2ccco2)cc1NC(=O)/C=C/c1ccc(Cl)c([N+](=O)[O-])c1. The van der Waals surface area contributed by atoms with Crippen molar-refractivity contribution in [1.82, 2.24) is 0 Å². The van der Waals surface area contributed by atoms with Crippen molar-refractivity contribution >= 4 is 46.6 Å². The van der Waals surface area contributed by atoms with Gasteiger partial charge in [0.05, 0.1) is 24.0 Å². The van der Waals surface area contributed by atoms with Crippen LogP contribution in [0.1, 0.15) is 16.1 Å². The number of anilines is 2. The number of nitrogens with one attached hydrogen (secondary N) is 2. The number of furan rings is 1. The van der Waals surface area contributed by atoms with Crippen molar-refractivity contribution < 1.29 is 23.7 Å². The Hall–Kier alpha value is -4.11. The van der Waals surface area contributed by atoms with Crippen molar-refractivity contribution in [2.75, 3.05) is 17.7 Å². The Balaban J connectivity index is 1.74. The summed E-state index contributed by atoms with van der Waals surface area (Å²) >= 11 is 5.78. The quantitative estimate of drug-likeness (QED) is 0.309. The summed E-state index contributed by atoms with van der Waals surface area (Å²) in [5, 5.41) is 16.3. The van der Waals surface area contributed by atoms with Gasteiger partial charge in [-0.3, -0.25) is 19.7 Å². The monoisotopic (exact) mass is 441 g/mol. The van der Waals surface area contributed by atoms with Gasteiger partial charge in [-0.2, -0.15) is 0 Å². The molecule has 0 saturated carbocycles. The fraction of sp³-hybridized carbons (Fsp3) is 0.0476. The van der Waals surface area contributed by atoms with Crippen LogP contribution in [0.3, 0.4) is 0 Å². The molecule has 31 heavy (non-hydrogen) atoms.